The normalized spacial score (nSPS) is 12.7. The van der Waals surface area contributed by atoms with Crippen molar-refractivity contribution in [1.82, 2.24) is 5.32 Å². The second kappa shape index (κ2) is 9.44. The van der Waals surface area contributed by atoms with E-state index >= 15 is 0 Å². The Kier molecular flexibility index (Phi) is 9.35. The Hall–Kier alpha value is -0.120. The number of nitrogens with one attached hydrogen (secondary N) is 1. The highest BCUT2D eigenvalue weighted by Gasteiger charge is 1.94. The molecule has 14 heavy (non-hydrogen) atoms. The van der Waals surface area contributed by atoms with E-state index in [0.29, 0.717) is 6.04 Å². The summed E-state index contributed by atoms with van der Waals surface area (Å²) in [5.74, 6) is 0.962. The third-order valence-electron chi connectivity index (χ3n) is 1.36. The predicted octanol–water partition coefficient (Wildman–Crippen LogP) is 3.97. The Balaban J connectivity index is 3.68. The molecule has 0 atom stereocenters. The van der Waals surface area contributed by atoms with Gasteiger partial charge in [-0.3, -0.25) is 0 Å². The van der Waals surface area contributed by atoms with Gasteiger partial charge in [0.25, 0.3) is 0 Å². The monoisotopic (exact) mass is 229 g/mol. The Morgan fingerprint density at radius 1 is 1.50 bits per heavy atom. The zero-order valence-corrected chi connectivity index (χ0v) is 10.8. The predicted molar refractivity (Wildman–Crippen MR) is 71.4 cm³/mol. The minimum atomic E-state index is 0.551. The second-order valence-corrected chi connectivity index (χ2v) is 5.37. The summed E-state index contributed by atoms with van der Waals surface area (Å²) in [5.41, 5.74) is 0. The van der Waals surface area contributed by atoms with E-state index in [1.165, 1.54) is 4.91 Å². The van der Waals surface area contributed by atoms with Gasteiger partial charge in [0.15, 0.2) is 0 Å². The van der Waals surface area contributed by atoms with Crippen LogP contribution in [0.3, 0.4) is 0 Å². The van der Waals surface area contributed by atoms with Crippen LogP contribution in [0.1, 0.15) is 20.8 Å². The Bertz CT molecular complexity index is 207. The van der Waals surface area contributed by atoms with Crippen molar-refractivity contribution in [1.29, 1.82) is 0 Å². The summed E-state index contributed by atoms with van der Waals surface area (Å²) in [6, 6.07) is 0.551. The van der Waals surface area contributed by atoms with Crippen molar-refractivity contribution in [2.24, 2.45) is 0 Å². The molecule has 0 bridgehead atoms. The molecule has 0 aromatic carbocycles. The molecule has 0 heterocycles. The first-order chi connectivity index (χ1) is 6.70. The Morgan fingerprint density at radius 2 is 2.21 bits per heavy atom. The van der Waals surface area contributed by atoms with Crippen LogP contribution in [0.4, 0.5) is 0 Å². The lowest BCUT2D eigenvalue weighted by atomic mass is 10.4. The van der Waals surface area contributed by atoms with Crippen molar-refractivity contribution in [2.75, 3.05) is 5.88 Å². The van der Waals surface area contributed by atoms with Gasteiger partial charge in [-0.15, -0.1) is 0 Å². The number of allylic oxidation sites excluding steroid dienone is 4. The molecule has 1 nitrogen and oxygen atoms in total. The zero-order valence-electron chi connectivity index (χ0n) is 9.12. The topological polar surface area (TPSA) is 12.0 Å². The summed E-state index contributed by atoms with van der Waals surface area (Å²) in [6.45, 7) is 10.1. The first-order valence-corrected chi connectivity index (χ1v) is 7.00. The van der Waals surface area contributed by atoms with Crippen LogP contribution in [0.5, 0.6) is 0 Å². The second-order valence-electron chi connectivity index (χ2n) is 3.00. The average molecular weight is 229 g/mol. The standard InChI is InChI=1S/C11H19NS2/c1-5-7-8-11(6-2)14-13-9-12-10(3)4/h5-8,10,12H,2,9H2,1,3-4H3/b7-5-,11-8+. The first kappa shape index (κ1) is 13.9. The average Bonchev–Trinajstić information content (AvgIpc) is 2.16. The van der Waals surface area contributed by atoms with Gasteiger partial charge < -0.3 is 5.32 Å². The molecule has 0 rings (SSSR count). The molecule has 0 radical (unpaired) electrons. The maximum Gasteiger partial charge on any atom is 0.0528 e. The third-order valence-corrected chi connectivity index (χ3v) is 3.54. The van der Waals surface area contributed by atoms with Crippen molar-refractivity contribution in [3.05, 3.63) is 35.8 Å². The number of hydrogen-bond donors (Lipinski definition) is 1. The molecule has 0 saturated carbocycles. The minimum absolute atomic E-state index is 0.551. The van der Waals surface area contributed by atoms with E-state index in [4.69, 9.17) is 0 Å². The molecule has 1 N–H and O–H groups in total. The molecule has 0 aliphatic heterocycles. The van der Waals surface area contributed by atoms with Crippen molar-refractivity contribution in [2.45, 2.75) is 26.8 Å². The first-order valence-electron chi connectivity index (χ1n) is 4.69. The molecule has 0 aromatic rings. The van der Waals surface area contributed by atoms with Crippen LogP contribution in [0.25, 0.3) is 0 Å². The van der Waals surface area contributed by atoms with Crippen LogP contribution < -0.4 is 5.32 Å². The van der Waals surface area contributed by atoms with Gasteiger partial charge in [0.1, 0.15) is 0 Å². The molecule has 3 heteroatoms. The largest absolute Gasteiger partial charge is 0.305 e. The van der Waals surface area contributed by atoms with Crippen LogP contribution in [0, 0.1) is 0 Å². The summed E-state index contributed by atoms with van der Waals surface area (Å²) >= 11 is 0. The number of rotatable bonds is 7. The molecule has 0 spiro atoms. The van der Waals surface area contributed by atoms with Crippen molar-refractivity contribution in [3.63, 3.8) is 0 Å². The summed E-state index contributed by atoms with van der Waals surface area (Å²) in [7, 11) is 3.55. The van der Waals surface area contributed by atoms with Crippen LogP contribution in [0.2, 0.25) is 0 Å². The summed E-state index contributed by atoms with van der Waals surface area (Å²) < 4.78 is 0. The lowest BCUT2D eigenvalue weighted by Gasteiger charge is -2.06. The molecule has 0 aliphatic carbocycles. The maximum absolute atomic E-state index is 3.77. The lowest BCUT2D eigenvalue weighted by Crippen LogP contribution is -2.21. The van der Waals surface area contributed by atoms with Crippen LogP contribution in [-0.2, 0) is 0 Å². The fraction of sp³-hybridized carbons (Fsp3) is 0.455. The zero-order chi connectivity index (χ0) is 10.8. The molecular formula is C11H19NS2. The summed E-state index contributed by atoms with van der Waals surface area (Å²) in [5, 5.41) is 3.34. The smallest absolute Gasteiger partial charge is 0.0528 e. The van der Waals surface area contributed by atoms with E-state index in [2.05, 4.69) is 31.8 Å². The van der Waals surface area contributed by atoms with E-state index in [9.17, 15) is 0 Å². The van der Waals surface area contributed by atoms with Gasteiger partial charge in [-0.2, -0.15) is 0 Å². The molecule has 0 amide bonds. The molecular weight excluding hydrogens is 210 g/mol. The van der Waals surface area contributed by atoms with Crippen molar-refractivity contribution >= 4 is 21.6 Å². The van der Waals surface area contributed by atoms with E-state index in [-0.39, 0.29) is 0 Å². The van der Waals surface area contributed by atoms with Crippen LogP contribution >= 0.6 is 21.6 Å². The quantitative estimate of drug-likeness (QED) is 0.307. The van der Waals surface area contributed by atoms with Crippen LogP contribution in [-0.4, -0.2) is 11.9 Å². The SMILES string of the molecule is C=C/C(=C\C=C/C)SSCNC(C)C. The lowest BCUT2D eigenvalue weighted by molar-refractivity contribution is 0.656. The van der Waals surface area contributed by atoms with E-state index < -0.39 is 0 Å². The fourth-order valence-electron chi connectivity index (χ4n) is 0.619. The van der Waals surface area contributed by atoms with Gasteiger partial charge in [-0.05, 0) is 13.0 Å². The maximum atomic E-state index is 3.77. The van der Waals surface area contributed by atoms with Crippen molar-refractivity contribution in [3.8, 4) is 0 Å². The Morgan fingerprint density at radius 3 is 2.71 bits per heavy atom. The van der Waals surface area contributed by atoms with Crippen LogP contribution in [0.15, 0.2) is 35.8 Å². The van der Waals surface area contributed by atoms with Crippen molar-refractivity contribution < 1.29 is 0 Å². The minimum Gasteiger partial charge on any atom is -0.305 e. The van der Waals surface area contributed by atoms with Gasteiger partial charge in [0.2, 0.25) is 0 Å². The van der Waals surface area contributed by atoms with Gasteiger partial charge >= 0.3 is 0 Å². The molecule has 0 unspecified atom stereocenters. The van der Waals surface area contributed by atoms with Gasteiger partial charge in [-0.1, -0.05) is 60.2 Å². The van der Waals surface area contributed by atoms with E-state index in [0.717, 1.165) is 5.88 Å². The fourth-order valence-corrected chi connectivity index (χ4v) is 2.58. The number of hydrogen-bond acceptors (Lipinski definition) is 3. The summed E-state index contributed by atoms with van der Waals surface area (Å²) in [4.78, 5) is 1.19. The molecule has 0 fully saturated rings. The highest BCUT2D eigenvalue weighted by molar-refractivity contribution is 8.78. The Labute approximate surface area is 95.5 Å². The molecule has 80 valence electrons. The summed E-state index contributed by atoms with van der Waals surface area (Å²) in [6.07, 6.45) is 7.99. The van der Waals surface area contributed by atoms with Gasteiger partial charge in [0.05, 0.1) is 5.88 Å². The third kappa shape index (κ3) is 8.48. The molecule has 0 aliphatic rings. The van der Waals surface area contributed by atoms with E-state index in [1.54, 1.807) is 21.6 Å². The van der Waals surface area contributed by atoms with E-state index in [1.807, 2.05) is 25.2 Å². The van der Waals surface area contributed by atoms with Gasteiger partial charge in [0, 0.05) is 10.9 Å². The highest BCUT2D eigenvalue weighted by atomic mass is 33.1. The molecule has 0 aromatic heterocycles. The van der Waals surface area contributed by atoms with Gasteiger partial charge in [-0.25, -0.2) is 0 Å². The highest BCUT2D eigenvalue weighted by Crippen LogP contribution is 2.29. The molecule has 0 saturated heterocycles.